The summed E-state index contributed by atoms with van der Waals surface area (Å²) >= 11 is 1.67. The van der Waals surface area contributed by atoms with Crippen molar-refractivity contribution < 1.29 is 14.3 Å². The van der Waals surface area contributed by atoms with Gasteiger partial charge in [-0.15, -0.1) is 11.8 Å². The molecule has 0 spiro atoms. The van der Waals surface area contributed by atoms with Crippen LogP contribution in [-0.4, -0.2) is 35.9 Å². The van der Waals surface area contributed by atoms with Gasteiger partial charge in [0.1, 0.15) is 11.4 Å². The molecule has 6 heteroatoms. The number of benzene rings is 2. The standard InChI is InChI=1S/C24H24N2O3S/c1-17-8-7-11-20(21(16-28-2)24(27)29-3)23(17)30-13-12-22-25-14-19(15-26-22)18-9-5-4-6-10-18/h4-11,14-16H,12-13H2,1-3H3. The van der Waals surface area contributed by atoms with Crippen molar-refractivity contribution >= 4 is 23.3 Å². The van der Waals surface area contributed by atoms with Crippen LogP contribution in [0.15, 0.2) is 72.1 Å². The summed E-state index contributed by atoms with van der Waals surface area (Å²) in [6.07, 6.45) is 5.86. The number of rotatable bonds is 8. The number of hydrogen-bond acceptors (Lipinski definition) is 6. The Labute approximate surface area is 181 Å². The summed E-state index contributed by atoms with van der Waals surface area (Å²) in [7, 11) is 2.88. The van der Waals surface area contributed by atoms with Crippen molar-refractivity contribution in [2.45, 2.75) is 18.2 Å². The van der Waals surface area contributed by atoms with Crippen molar-refractivity contribution in [1.29, 1.82) is 0 Å². The van der Waals surface area contributed by atoms with Crippen LogP contribution in [0.5, 0.6) is 0 Å². The molecule has 0 radical (unpaired) electrons. The average Bonchev–Trinajstić information content (AvgIpc) is 2.79. The largest absolute Gasteiger partial charge is 0.503 e. The highest BCUT2D eigenvalue weighted by molar-refractivity contribution is 7.99. The van der Waals surface area contributed by atoms with E-state index in [0.717, 1.165) is 45.1 Å². The number of nitrogens with zero attached hydrogens (tertiary/aromatic N) is 2. The number of carbonyl (C=O) groups excluding carboxylic acids is 1. The number of aryl methyl sites for hydroxylation is 2. The Balaban J connectivity index is 1.72. The molecule has 3 rings (SSSR count). The Morgan fingerprint density at radius 1 is 1.00 bits per heavy atom. The minimum absolute atomic E-state index is 0.398. The Bertz CT molecular complexity index is 1020. The molecule has 1 heterocycles. The van der Waals surface area contributed by atoms with Crippen LogP contribution in [0.3, 0.4) is 0 Å². The predicted molar refractivity (Wildman–Crippen MR) is 120 cm³/mol. The van der Waals surface area contributed by atoms with Crippen molar-refractivity contribution in [3.05, 3.63) is 84.1 Å². The molecule has 0 saturated carbocycles. The summed E-state index contributed by atoms with van der Waals surface area (Å²) < 4.78 is 10.0. The maximum atomic E-state index is 12.2. The molecule has 0 atom stereocenters. The van der Waals surface area contributed by atoms with Gasteiger partial charge in [0.05, 0.1) is 20.5 Å². The second kappa shape index (κ2) is 10.6. The van der Waals surface area contributed by atoms with Crippen molar-refractivity contribution in [2.24, 2.45) is 0 Å². The first kappa shape index (κ1) is 21.6. The summed E-state index contributed by atoms with van der Waals surface area (Å²) in [6, 6.07) is 15.9. The van der Waals surface area contributed by atoms with E-state index in [2.05, 4.69) is 9.97 Å². The van der Waals surface area contributed by atoms with Crippen LogP contribution in [0.4, 0.5) is 0 Å². The van der Waals surface area contributed by atoms with Gasteiger partial charge in [-0.25, -0.2) is 14.8 Å². The Morgan fingerprint density at radius 3 is 2.40 bits per heavy atom. The van der Waals surface area contributed by atoms with E-state index in [4.69, 9.17) is 9.47 Å². The molecule has 0 amide bonds. The summed E-state index contributed by atoms with van der Waals surface area (Å²) in [4.78, 5) is 22.2. The maximum absolute atomic E-state index is 12.2. The number of aromatic nitrogens is 2. The van der Waals surface area contributed by atoms with Gasteiger partial charge >= 0.3 is 5.97 Å². The Kier molecular flexibility index (Phi) is 7.63. The lowest BCUT2D eigenvalue weighted by Gasteiger charge is -2.13. The third kappa shape index (κ3) is 5.27. The van der Waals surface area contributed by atoms with E-state index < -0.39 is 5.97 Å². The SMILES string of the molecule is COC=C(C(=O)OC)c1cccc(C)c1SCCc1ncc(-c2ccccc2)cn1. The molecule has 0 fully saturated rings. The van der Waals surface area contributed by atoms with Gasteiger partial charge in [0.25, 0.3) is 0 Å². The van der Waals surface area contributed by atoms with Gasteiger partial charge in [0, 0.05) is 40.6 Å². The summed E-state index contributed by atoms with van der Waals surface area (Å²) in [5.74, 6) is 1.14. The minimum Gasteiger partial charge on any atom is -0.503 e. The van der Waals surface area contributed by atoms with Gasteiger partial charge in [-0.3, -0.25) is 0 Å². The topological polar surface area (TPSA) is 61.3 Å². The molecule has 0 aliphatic heterocycles. The Hall–Kier alpha value is -3.12. The van der Waals surface area contributed by atoms with E-state index >= 15 is 0 Å². The van der Waals surface area contributed by atoms with Gasteiger partial charge in [-0.05, 0) is 18.1 Å². The van der Waals surface area contributed by atoms with E-state index in [0.29, 0.717) is 5.57 Å². The van der Waals surface area contributed by atoms with Crippen LogP contribution in [0, 0.1) is 6.92 Å². The number of hydrogen-bond donors (Lipinski definition) is 0. The lowest BCUT2D eigenvalue weighted by molar-refractivity contribution is -0.133. The zero-order valence-corrected chi connectivity index (χ0v) is 18.1. The maximum Gasteiger partial charge on any atom is 0.341 e. The molecule has 2 aromatic carbocycles. The number of carbonyl (C=O) groups is 1. The van der Waals surface area contributed by atoms with Crippen molar-refractivity contribution in [1.82, 2.24) is 9.97 Å². The van der Waals surface area contributed by atoms with E-state index in [9.17, 15) is 4.79 Å². The molecule has 0 bridgehead atoms. The lowest BCUT2D eigenvalue weighted by atomic mass is 10.0. The van der Waals surface area contributed by atoms with Gasteiger partial charge < -0.3 is 9.47 Å². The third-order valence-electron chi connectivity index (χ3n) is 4.53. The normalized spacial score (nSPS) is 11.2. The monoisotopic (exact) mass is 420 g/mol. The molecule has 30 heavy (non-hydrogen) atoms. The van der Waals surface area contributed by atoms with Crippen molar-refractivity contribution in [2.75, 3.05) is 20.0 Å². The molecule has 0 aliphatic rings. The molecule has 154 valence electrons. The van der Waals surface area contributed by atoms with E-state index in [1.165, 1.54) is 20.5 Å². The van der Waals surface area contributed by atoms with Gasteiger partial charge in [-0.2, -0.15) is 0 Å². The molecule has 0 saturated heterocycles. The van der Waals surface area contributed by atoms with Crippen LogP contribution in [-0.2, 0) is 20.7 Å². The summed E-state index contributed by atoms with van der Waals surface area (Å²) in [6.45, 7) is 2.03. The second-order valence-corrected chi connectivity index (χ2v) is 7.67. The molecule has 1 aromatic heterocycles. The van der Waals surface area contributed by atoms with E-state index in [1.54, 1.807) is 11.8 Å². The molecule has 0 unspecified atom stereocenters. The molecule has 5 nitrogen and oxygen atoms in total. The number of methoxy groups -OCH3 is 2. The molecule has 0 aliphatic carbocycles. The molecular weight excluding hydrogens is 396 g/mol. The second-order valence-electron chi connectivity index (χ2n) is 6.56. The van der Waals surface area contributed by atoms with Gasteiger partial charge in [-0.1, -0.05) is 48.5 Å². The number of esters is 1. The quantitative estimate of drug-likeness (QED) is 0.222. The number of thioether (sulfide) groups is 1. The average molecular weight is 421 g/mol. The minimum atomic E-state index is -0.427. The molecule has 0 N–H and O–H groups in total. The van der Waals surface area contributed by atoms with Crippen molar-refractivity contribution in [3.63, 3.8) is 0 Å². The van der Waals surface area contributed by atoms with Crippen LogP contribution >= 0.6 is 11.8 Å². The zero-order valence-electron chi connectivity index (χ0n) is 17.3. The number of ether oxygens (including phenoxy) is 2. The first-order chi connectivity index (χ1) is 14.6. The highest BCUT2D eigenvalue weighted by atomic mass is 32.2. The fourth-order valence-corrected chi connectivity index (χ4v) is 4.13. The Morgan fingerprint density at radius 2 is 1.73 bits per heavy atom. The smallest absolute Gasteiger partial charge is 0.341 e. The predicted octanol–water partition coefficient (Wildman–Crippen LogP) is 4.95. The fourth-order valence-electron chi connectivity index (χ4n) is 3.01. The fraction of sp³-hybridized carbons (Fsp3) is 0.208. The summed E-state index contributed by atoms with van der Waals surface area (Å²) in [5.41, 5.74) is 4.39. The van der Waals surface area contributed by atoms with Crippen LogP contribution in [0.1, 0.15) is 17.0 Å². The lowest BCUT2D eigenvalue weighted by Crippen LogP contribution is -2.06. The molecule has 3 aromatic rings. The van der Waals surface area contributed by atoms with Gasteiger partial charge in [0.2, 0.25) is 0 Å². The molecular formula is C24H24N2O3S. The highest BCUT2D eigenvalue weighted by Crippen LogP contribution is 2.32. The zero-order chi connectivity index (χ0) is 21.3. The van der Waals surface area contributed by atoms with Crippen LogP contribution in [0.25, 0.3) is 16.7 Å². The highest BCUT2D eigenvalue weighted by Gasteiger charge is 2.18. The van der Waals surface area contributed by atoms with E-state index in [1.807, 2.05) is 67.8 Å². The summed E-state index contributed by atoms with van der Waals surface area (Å²) in [5, 5.41) is 0. The third-order valence-corrected chi connectivity index (χ3v) is 5.77. The van der Waals surface area contributed by atoms with E-state index in [-0.39, 0.29) is 0 Å². The van der Waals surface area contributed by atoms with Crippen LogP contribution < -0.4 is 0 Å². The van der Waals surface area contributed by atoms with Crippen molar-refractivity contribution in [3.8, 4) is 11.1 Å². The first-order valence-corrected chi connectivity index (χ1v) is 10.5. The first-order valence-electron chi connectivity index (χ1n) is 9.54. The van der Waals surface area contributed by atoms with Crippen LogP contribution in [0.2, 0.25) is 0 Å². The van der Waals surface area contributed by atoms with Gasteiger partial charge in [0.15, 0.2) is 0 Å².